The second-order valence-corrected chi connectivity index (χ2v) is 6.98. The molecule has 2 fully saturated rings. The van der Waals surface area contributed by atoms with Crippen molar-refractivity contribution in [1.82, 2.24) is 10.2 Å². The number of rotatable bonds is 5. The van der Waals surface area contributed by atoms with E-state index in [0.29, 0.717) is 18.4 Å². The number of piperidine rings is 1. The second-order valence-electron chi connectivity index (χ2n) is 6.98. The van der Waals surface area contributed by atoms with Crippen molar-refractivity contribution in [2.45, 2.75) is 51.5 Å². The quantitative estimate of drug-likeness (QED) is 0.908. The van der Waals surface area contributed by atoms with E-state index in [9.17, 15) is 9.59 Å². The van der Waals surface area contributed by atoms with Gasteiger partial charge in [0.1, 0.15) is 0 Å². The molecule has 0 radical (unpaired) electrons. The number of hydrogen-bond donors (Lipinski definition) is 1. The molecule has 1 aliphatic carbocycles. The molecule has 1 aromatic carbocycles. The van der Waals surface area contributed by atoms with Gasteiger partial charge in [-0.25, -0.2) is 0 Å². The SMILES string of the molecule is Cc1ccc(C(=O)N2CCC(CCC(=O)NC3CC3)CC2)cc1. The highest BCUT2D eigenvalue weighted by Crippen LogP contribution is 2.24. The first-order valence-electron chi connectivity index (χ1n) is 8.77. The fraction of sp³-hybridized carbons (Fsp3) is 0.579. The van der Waals surface area contributed by atoms with Gasteiger partial charge in [0.25, 0.3) is 5.91 Å². The van der Waals surface area contributed by atoms with Gasteiger partial charge in [0.2, 0.25) is 5.91 Å². The van der Waals surface area contributed by atoms with Gasteiger partial charge in [-0.05, 0) is 57.1 Å². The summed E-state index contributed by atoms with van der Waals surface area (Å²) < 4.78 is 0. The molecule has 4 heteroatoms. The minimum atomic E-state index is 0.134. The van der Waals surface area contributed by atoms with E-state index in [4.69, 9.17) is 0 Å². The molecule has 0 spiro atoms. The first-order chi connectivity index (χ1) is 11.1. The van der Waals surface area contributed by atoms with Crippen LogP contribution >= 0.6 is 0 Å². The third kappa shape index (κ3) is 4.57. The lowest BCUT2D eigenvalue weighted by Gasteiger charge is -2.32. The summed E-state index contributed by atoms with van der Waals surface area (Å²) in [6.07, 6.45) is 5.89. The molecule has 0 aromatic heterocycles. The van der Waals surface area contributed by atoms with E-state index in [1.54, 1.807) is 0 Å². The van der Waals surface area contributed by atoms with Gasteiger partial charge in [-0.15, -0.1) is 0 Å². The Morgan fingerprint density at radius 2 is 1.74 bits per heavy atom. The molecule has 23 heavy (non-hydrogen) atoms. The van der Waals surface area contributed by atoms with Crippen molar-refractivity contribution in [3.63, 3.8) is 0 Å². The van der Waals surface area contributed by atoms with E-state index in [0.717, 1.165) is 50.8 Å². The number of carbonyl (C=O) groups excluding carboxylic acids is 2. The number of nitrogens with one attached hydrogen (secondary N) is 1. The van der Waals surface area contributed by atoms with Gasteiger partial charge in [-0.1, -0.05) is 17.7 Å². The number of amides is 2. The summed E-state index contributed by atoms with van der Waals surface area (Å²) in [6, 6.07) is 8.24. The maximum absolute atomic E-state index is 12.5. The van der Waals surface area contributed by atoms with Crippen LogP contribution in [0, 0.1) is 12.8 Å². The Morgan fingerprint density at radius 3 is 2.35 bits per heavy atom. The van der Waals surface area contributed by atoms with E-state index in [1.807, 2.05) is 36.1 Å². The van der Waals surface area contributed by atoms with Gasteiger partial charge in [0, 0.05) is 31.1 Å². The monoisotopic (exact) mass is 314 g/mol. The van der Waals surface area contributed by atoms with Crippen LogP contribution in [0.5, 0.6) is 0 Å². The average molecular weight is 314 g/mol. The Bertz CT molecular complexity index is 555. The van der Waals surface area contributed by atoms with Crippen molar-refractivity contribution in [3.05, 3.63) is 35.4 Å². The molecule has 4 nitrogen and oxygen atoms in total. The minimum absolute atomic E-state index is 0.134. The number of aryl methyl sites for hydroxylation is 1. The van der Waals surface area contributed by atoms with E-state index < -0.39 is 0 Å². The van der Waals surface area contributed by atoms with Gasteiger partial charge < -0.3 is 10.2 Å². The van der Waals surface area contributed by atoms with Crippen LogP contribution in [0.1, 0.15) is 54.4 Å². The highest BCUT2D eigenvalue weighted by Gasteiger charge is 2.26. The normalized spacial score (nSPS) is 18.7. The minimum Gasteiger partial charge on any atom is -0.353 e. The highest BCUT2D eigenvalue weighted by atomic mass is 16.2. The first kappa shape index (κ1) is 16.0. The molecule has 1 N–H and O–H groups in total. The van der Waals surface area contributed by atoms with Crippen molar-refractivity contribution in [2.75, 3.05) is 13.1 Å². The number of hydrogen-bond acceptors (Lipinski definition) is 2. The molecule has 1 saturated carbocycles. The Kier molecular flexibility index (Phi) is 4.99. The molecule has 0 unspecified atom stereocenters. The Balaban J connectivity index is 1.41. The summed E-state index contributed by atoms with van der Waals surface area (Å²) in [6.45, 7) is 3.64. The number of carbonyl (C=O) groups is 2. The lowest BCUT2D eigenvalue weighted by Crippen LogP contribution is -2.38. The predicted octanol–water partition coefficient (Wildman–Crippen LogP) is 2.91. The molecule has 1 heterocycles. The zero-order valence-corrected chi connectivity index (χ0v) is 13.9. The number of benzene rings is 1. The number of likely N-dealkylation sites (tertiary alicyclic amines) is 1. The third-order valence-electron chi connectivity index (χ3n) is 4.92. The van der Waals surface area contributed by atoms with E-state index in [1.165, 1.54) is 5.56 Å². The summed E-state index contributed by atoms with van der Waals surface area (Å²) in [5, 5.41) is 3.04. The maximum atomic E-state index is 12.5. The lowest BCUT2D eigenvalue weighted by molar-refractivity contribution is -0.121. The molecule has 2 aliphatic rings. The Labute approximate surface area is 138 Å². The number of nitrogens with zero attached hydrogens (tertiary/aromatic N) is 1. The van der Waals surface area contributed by atoms with E-state index in [-0.39, 0.29) is 11.8 Å². The molecule has 2 amide bonds. The van der Waals surface area contributed by atoms with Gasteiger partial charge in [-0.2, -0.15) is 0 Å². The summed E-state index contributed by atoms with van der Waals surface area (Å²) in [5.41, 5.74) is 1.95. The molecule has 1 aromatic rings. The predicted molar refractivity (Wildman–Crippen MR) is 90.2 cm³/mol. The molecular formula is C19H26N2O2. The fourth-order valence-electron chi connectivity index (χ4n) is 3.17. The smallest absolute Gasteiger partial charge is 0.253 e. The Morgan fingerprint density at radius 1 is 1.09 bits per heavy atom. The summed E-state index contributed by atoms with van der Waals surface area (Å²) >= 11 is 0. The third-order valence-corrected chi connectivity index (χ3v) is 4.92. The first-order valence-corrected chi connectivity index (χ1v) is 8.77. The van der Waals surface area contributed by atoms with Gasteiger partial charge >= 0.3 is 0 Å². The van der Waals surface area contributed by atoms with Crippen molar-refractivity contribution in [1.29, 1.82) is 0 Å². The van der Waals surface area contributed by atoms with Crippen LogP contribution < -0.4 is 5.32 Å². The standard InChI is InChI=1S/C19H26N2O2/c1-14-2-5-16(6-3-14)19(23)21-12-10-15(11-13-21)4-9-18(22)20-17-7-8-17/h2-3,5-6,15,17H,4,7-13H2,1H3,(H,20,22). The lowest BCUT2D eigenvalue weighted by atomic mass is 9.91. The maximum Gasteiger partial charge on any atom is 0.253 e. The van der Waals surface area contributed by atoms with E-state index in [2.05, 4.69) is 5.32 Å². The van der Waals surface area contributed by atoms with Crippen LogP contribution in [-0.4, -0.2) is 35.8 Å². The fourth-order valence-corrected chi connectivity index (χ4v) is 3.17. The molecule has 0 atom stereocenters. The molecule has 0 bridgehead atoms. The van der Waals surface area contributed by atoms with Gasteiger partial charge in [-0.3, -0.25) is 9.59 Å². The zero-order chi connectivity index (χ0) is 16.2. The molecular weight excluding hydrogens is 288 g/mol. The van der Waals surface area contributed by atoms with Crippen LogP contribution in [0.3, 0.4) is 0 Å². The summed E-state index contributed by atoms with van der Waals surface area (Å²) in [4.78, 5) is 26.2. The van der Waals surface area contributed by atoms with Crippen LogP contribution in [-0.2, 0) is 4.79 Å². The molecule has 1 saturated heterocycles. The van der Waals surface area contributed by atoms with Crippen molar-refractivity contribution in [3.8, 4) is 0 Å². The molecule has 3 rings (SSSR count). The van der Waals surface area contributed by atoms with E-state index >= 15 is 0 Å². The van der Waals surface area contributed by atoms with Gasteiger partial charge in [0.05, 0.1) is 0 Å². The molecule has 124 valence electrons. The van der Waals surface area contributed by atoms with Crippen molar-refractivity contribution >= 4 is 11.8 Å². The van der Waals surface area contributed by atoms with Gasteiger partial charge in [0.15, 0.2) is 0 Å². The van der Waals surface area contributed by atoms with Crippen LogP contribution in [0.15, 0.2) is 24.3 Å². The van der Waals surface area contributed by atoms with Crippen LogP contribution in [0.25, 0.3) is 0 Å². The summed E-state index contributed by atoms with van der Waals surface area (Å²) in [7, 11) is 0. The van der Waals surface area contributed by atoms with Crippen molar-refractivity contribution < 1.29 is 9.59 Å². The Hall–Kier alpha value is -1.84. The topological polar surface area (TPSA) is 49.4 Å². The second kappa shape index (κ2) is 7.16. The molecule has 1 aliphatic heterocycles. The highest BCUT2D eigenvalue weighted by molar-refractivity contribution is 5.94. The summed E-state index contributed by atoms with van der Waals surface area (Å²) in [5.74, 6) is 0.905. The van der Waals surface area contributed by atoms with Crippen LogP contribution in [0.4, 0.5) is 0 Å². The van der Waals surface area contributed by atoms with Crippen LogP contribution in [0.2, 0.25) is 0 Å². The zero-order valence-electron chi connectivity index (χ0n) is 13.9. The average Bonchev–Trinajstić information content (AvgIpc) is 3.37. The largest absolute Gasteiger partial charge is 0.353 e. The van der Waals surface area contributed by atoms with Crippen molar-refractivity contribution in [2.24, 2.45) is 5.92 Å².